The molecule has 24 heavy (non-hydrogen) atoms. The second kappa shape index (κ2) is 6.16. The Labute approximate surface area is 137 Å². The number of aromatic nitrogens is 1. The Morgan fingerprint density at radius 2 is 2.00 bits per heavy atom. The largest absolute Gasteiger partial charge is 0.431 e. The van der Waals surface area contributed by atoms with Gasteiger partial charge in [-0.1, -0.05) is 19.3 Å². The zero-order valence-corrected chi connectivity index (χ0v) is 13.0. The smallest absolute Gasteiger partial charge is 0.368 e. The number of aliphatic hydroxyl groups is 1. The molecule has 1 amide bonds. The normalized spacial score (nSPS) is 25.7. The number of pyridine rings is 1. The molecule has 0 unspecified atom stereocenters. The summed E-state index contributed by atoms with van der Waals surface area (Å²) in [4.78, 5) is 16.4. The van der Waals surface area contributed by atoms with E-state index in [1.165, 1.54) is 24.5 Å². The number of carbonyl (C=O) groups excluding carboxylic acids is 1. The van der Waals surface area contributed by atoms with Gasteiger partial charge in [-0.2, -0.15) is 23.3 Å². The quantitative estimate of drug-likeness (QED) is 0.899. The van der Waals surface area contributed by atoms with Crippen LogP contribution in [-0.4, -0.2) is 38.6 Å². The summed E-state index contributed by atoms with van der Waals surface area (Å²) < 4.78 is 39.4. The van der Waals surface area contributed by atoms with Crippen LogP contribution in [0.1, 0.15) is 48.9 Å². The van der Waals surface area contributed by atoms with Crippen molar-refractivity contribution in [1.82, 2.24) is 9.99 Å². The van der Waals surface area contributed by atoms with Crippen molar-refractivity contribution in [3.05, 3.63) is 30.1 Å². The highest BCUT2D eigenvalue weighted by Crippen LogP contribution is 2.43. The fourth-order valence-corrected chi connectivity index (χ4v) is 3.44. The van der Waals surface area contributed by atoms with Crippen molar-refractivity contribution in [2.45, 2.75) is 50.4 Å². The van der Waals surface area contributed by atoms with E-state index in [-0.39, 0.29) is 5.56 Å². The lowest BCUT2D eigenvalue weighted by Crippen LogP contribution is -2.52. The third-order valence-corrected chi connectivity index (χ3v) is 4.70. The molecule has 0 bridgehead atoms. The summed E-state index contributed by atoms with van der Waals surface area (Å²) in [7, 11) is 0. The first-order valence-electron chi connectivity index (χ1n) is 7.94. The highest BCUT2D eigenvalue weighted by molar-refractivity contribution is 5.99. The lowest BCUT2D eigenvalue weighted by Gasteiger charge is -2.39. The monoisotopic (exact) mass is 341 g/mol. The van der Waals surface area contributed by atoms with E-state index < -0.39 is 35.9 Å². The molecule has 8 heteroatoms. The van der Waals surface area contributed by atoms with Gasteiger partial charge in [0.1, 0.15) is 5.71 Å². The molecule has 1 N–H and O–H groups in total. The van der Waals surface area contributed by atoms with Crippen LogP contribution in [0.15, 0.2) is 29.6 Å². The molecular weight excluding hydrogens is 323 g/mol. The van der Waals surface area contributed by atoms with Crippen LogP contribution in [0.4, 0.5) is 13.2 Å². The molecule has 3 rings (SSSR count). The van der Waals surface area contributed by atoms with Gasteiger partial charge in [0.05, 0.1) is 5.56 Å². The minimum Gasteiger partial charge on any atom is -0.368 e. The summed E-state index contributed by atoms with van der Waals surface area (Å²) in [6.45, 7) is 0. The number of hydrogen-bond acceptors (Lipinski definition) is 4. The molecule has 1 atom stereocenters. The summed E-state index contributed by atoms with van der Waals surface area (Å²) in [5.74, 6) is -1.19. The van der Waals surface area contributed by atoms with Gasteiger partial charge in [0.2, 0.25) is 0 Å². The van der Waals surface area contributed by atoms with Crippen molar-refractivity contribution in [2.24, 2.45) is 11.0 Å². The SMILES string of the molecule is O=C(c1cccnc1)N1N=C(C(F)(F)F)C[C@@]1(O)C1CCCCC1. The molecule has 0 radical (unpaired) electrons. The second-order valence-electron chi connectivity index (χ2n) is 6.29. The Kier molecular flexibility index (Phi) is 4.33. The van der Waals surface area contributed by atoms with Crippen LogP contribution in [0, 0.1) is 5.92 Å². The van der Waals surface area contributed by atoms with Crippen LogP contribution in [0.2, 0.25) is 0 Å². The molecule has 1 saturated carbocycles. The predicted octanol–water partition coefficient (Wildman–Crippen LogP) is 3.11. The Morgan fingerprint density at radius 1 is 1.29 bits per heavy atom. The number of hydrazone groups is 1. The third kappa shape index (κ3) is 3.02. The van der Waals surface area contributed by atoms with E-state index in [2.05, 4.69) is 10.1 Å². The van der Waals surface area contributed by atoms with Gasteiger partial charge in [-0.05, 0) is 25.0 Å². The first-order chi connectivity index (χ1) is 11.3. The summed E-state index contributed by atoms with van der Waals surface area (Å²) in [5.41, 5.74) is -2.95. The van der Waals surface area contributed by atoms with Crippen LogP contribution in [0.3, 0.4) is 0 Å². The minimum absolute atomic E-state index is 0.0962. The maximum Gasteiger partial charge on any atom is 0.431 e. The molecule has 1 aromatic rings. The molecule has 1 aliphatic carbocycles. The van der Waals surface area contributed by atoms with Crippen molar-refractivity contribution < 1.29 is 23.1 Å². The van der Waals surface area contributed by atoms with Crippen molar-refractivity contribution in [1.29, 1.82) is 0 Å². The van der Waals surface area contributed by atoms with Crippen molar-refractivity contribution in [3.8, 4) is 0 Å². The number of amides is 1. The highest BCUT2D eigenvalue weighted by atomic mass is 19.4. The highest BCUT2D eigenvalue weighted by Gasteiger charge is 2.55. The van der Waals surface area contributed by atoms with Crippen molar-refractivity contribution in [2.75, 3.05) is 0 Å². The fraction of sp³-hybridized carbons (Fsp3) is 0.562. The Bertz CT molecular complexity index is 642. The number of carbonyl (C=O) groups is 1. The first kappa shape index (κ1) is 16.9. The molecule has 1 fully saturated rings. The summed E-state index contributed by atoms with van der Waals surface area (Å²) in [6, 6.07) is 2.95. The third-order valence-electron chi connectivity index (χ3n) is 4.70. The number of halogens is 3. The summed E-state index contributed by atoms with van der Waals surface area (Å²) in [5, 5.41) is 15.1. The Morgan fingerprint density at radius 3 is 2.58 bits per heavy atom. The van der Waals surface area contributed by atoms with Gasteiger partial charge in [-0.15, -0.1) is 0 Å². The molecule has 2 aliphatic rings. The van der Waals surface area contributed by atoms with Gasteiger partial charge >= 0.3 is 6.18 Å². The van der Waals surface area contributed by atoms with Crippen LogP contribution >= 0.6 is 0 Å². The van der Waals surface area contributed by atoms with E-state index in [0.717, 1.165) is 19.3 Å². The Balaban J connectivity index is 1.96. The van der Waals surface area contributed by atoms with Crippen LogP contribution in [0.5, 0.6) is 0 Å². The lowest BCUT2D eigenvalue weighted by atomic mass is 9.79. The van der Waals surface area contributed by atoms with E-state index in [9.17, 15) is 23.1 Å². The second-order valence-corrected chi connectivity index (χ2v) is 6.29. The molecule has 0 saturated heterocycles. The topological polar surface area (TPSA) is 65.8 Å². The maximum atomic E-state index is 13.1. The number of hydrogen-bond donors (Lipinski definition) is 1. The van der Waals surface area contributed by atoms with Crippen molar-refractivity contribution >= 4 is 11.6 Å². The lowest BCUT2D eigenvalue weighted by molar-refractivity contribution is -0.123. The zero-order chi connectivity index (χ0) is 17.4. The average molecular weight is 341 g/mol. The summed E-state index contributed by atoms with van der Waals surface area (Å²) >= 11 is 0. The van der Waals surface area contributed by atoms with E-state index >= 15 is 0 Å². The minimum atomic E-state index is -4.67. The van der Waals surface area contributed by atoms with Crippen molar-refractivity contribution in [3.63, 3.8) is 0 Å². The molecule has 1 aromatic heterocycles. The number of alkyl halides is 3. The molecule has 0 spiro atoms. The number of rotatable bonds is 2. The van der Waals surface area contributed by atoms with Gasteiger partial charge in [0.25, 0.3) is 5.91 Å². The van der Waals surface area contributed by atoms with Crippen LogP contribution < -0.4 is 0 Å². The van der Waals surface area contributed by atoms with E-state index in [1.807, 2.05) is 0 Å². The number of nitrogens with zero attached hydrogens (tertiary/aromatic N) is 3. The van der Waals surface area contributed by atoms with Gasteiger partial charge in [0.15, 0.2) is 5.72 Å². The molecule has 2 heterocycles. The van der Waals surface area contributed by atoms with E-state index in [0.29, 0.717) is 17.9 Å². The predicted molar refractivity (Wildman–Crippen MR) is 80.0 cm³/mol. The molecular formula is C16H18F3N3O2. The molecule has 1 aliphatic heterocycles. The van der Waals surface area contributed by atoms with Gasteiger partial charge in [-0.25, -0.2) is 0 Å². The van der Waals surface area contributed by atoms with Gasteiger partial charge in [0, 0.05) is 24.7 Å². The van der Waals surface area contributed by atoms with Crippen LogP contribution in [-0.2, 0) is 0 Å². The zero-order valence-electron chi connectivity index (χ0n) is 13.0. The first-order valence-corrected chi connectivity index (χ1v) is 7.94. The van der Waals surface area contributed by atoms with Gasteiger partial charge in [-0.3, -0.25) is 9.78 Å². The van der Waals surface area contributed by atoms with E-state index in [4.69, 9.17) is 0 Å². The average Bonchev–Trinajstić information content (AvgIpc) is 2.95. The fourth-order valence-electron chi connectivity index (χ4n) is 3.44. The Hall–Kier alpha value is -1.96. The van der Waals surface area contributed by atoms with E-state index in [1.54, 1.807) is 0 Å². The summed E-state index contributed by atoms with van der Waals surface area (Å²) in [6.07, 6.45) is 1.13. The molecule has 0 aromatic carbocycles. The maximum absolute atomic E-state index is 13.1. The molecule has 130 valence electrons. The molecule has 5 nitrogen and oxygen atoms in total. The standard InChI is InChI=1S/C16H18F3N3O2/c17-16(18,19)13-9-15(24,12-6-2-1-3-7-12)22(21-13)14(23)11-5-4-8-20-10-11/h4-5,8,10,12,24H,1-3,6-7,9H2/t15-/m1/s1. The van der Waals surface area contributed by atoms with Crippen LogP contribution in [0.25, 0.3) is 0 Å². The van der Waals surface area contributed by atoms with Gasteiger partial charge < -0.3 is 5.11 Å².